The minimum Gasteiger partial charge on any atom is -0.480 e. The van der Waals surface area contributed by atoms with Crippen molar-refractivity contribution in [1.82, 2.24) is 4.90 Å². The Bertz CT molecular complexity index is 240. The van der Waals surface area contributed by atoms with E-state index in [1.54, 1.807) is 0 Å². The van der Waals surface area contributed by atoms with E-state index in [0.29, 0.717) is 18.4 Å². The molecule has 0 aliphatic rings. The monoisotopic (exact) mass is 243 g/mol. The van der Waals surface area contributed by atoms with Crippen molar-refractivity contribution in [2.24, 2.45) is 5.92 Å². The van der Waals surface area contributed by atoms with Gasteiger partial charge in [0.25, 0.3) is 0 Å². The largest absolute Gasteiger partial charge is 0.480 e. The lowest BCUT2D eigenvalue weighted by molar-refractivity contribution is -0.151. The van der Waals surface area contributed by atoms with E-state index in [1.165, 1.54) is 0 Å². The predicted molar refractivity (Wildman–Crippen MR) is 72.2 cm³/mol. The number of hydrogen-bond donors (Lipinski definition) is 1. The van der Waals surface area contributed by atoms with Crippen molar-refractivity contribution in [2.75, 3.05) is 7.05 Å². The van der Waals surface area contributed by atoms with E-state index in [4.69, 9.17) is 0 Å². The molecule has 0 aromatic rings. The Hall–Kier alpha value is -0.570. The Balaban J connectivity index is 4.74. The number of likely N-dealkylation sites (N-methyl/N-ethyl adjacent to an activating group) is 1. The molecule has 0 aromatic heterocycles. The van der Waals surface area contributed by atoms with Gasteiger partial charge in [0.05, 0.1) is 0 Å². The molecule has 0 saturated carbocycles. The second-order valence-electron chi connectivity index (χ2n) is 5.76. The SMILES string of the molecule is CCCC(C)N(C)C(C)(CCC(C)C)C(=O)O. The maximum absolute atomic E-state index is 11.5. The zero-order chi connectivity index (χ0) is 13.6. The third-order valence-corrected chi connectivity index (χ3v) is 3.82. The van der Waals surface area contributed by atoms with Gasteiger partial charge in [0.15, 0.2) is 0 Å². The molecule has 102 valence electrons. The summed E-state index contributed by atoms with van der Waals surface area (Å²) in [6, 6.07) is 0.313. The van der Waals surface area contributed by atoms with Gasteiger partial charge in [-0.05, 0) is 46.1 Å². The summed E-state index contributed by atoms with van der Waals surface area (Å²) >= 11 is 0. The topological polar surface area (TPSA) is 40.5 Å². The summed E-state index contributed by atoms with van der Waals surface area (Å²) < 4.78 is 0. The molecule has 2 unspecified atom stereocenters. The quantitative estimate of drug-likeness (QED) is 0.710. The van der Waals surface area contributed by atoms with Gasteiger partial charge >= 0.3 is 5.97 Å². The first-order valence-electron chi connectivity index (χ1n) is 6.72. The smallest absolute Gasteiger partial charge is 0.323 e. The second-order valence-corrected chi connectivity index (χ2v) is 5.76. The van der Waals surface area contributed by atoms with Crippen molar-refractivity contribution in [3.8, 4) is 0 Å². The van der Waals surface area contributed by atoms with Crippen LogP contribution in [0.2, 0.25) is 0 Å². The van der Waals surface area contributed by atoms with Crippen LogP contribution in [0.5, 0.6) is 0 Å². The van der Waals surface area contributed by atoms with Gasteiger partial charge in [-0.2, -0.15) is 0 Å². The fraction of sp³-hybridized carbons (Fsp3) is 0.929. The fourth-order valence-electron chi connectivity index (χ4n) is 2.10. The van der Waals surface area contributed by atoms with Crippen LogP contribution in [0.1, 0.15) is 60.3 Å². The molecule has 0 aliphatic heterocycles. The first kappa shape index (κ1) is 16.4. The number of carboxylic acid groups (broad SMARTS) is 1. The van der Waals surface area contributed by atoms with E-state index in [1.807, 2.05) is 18.9 Å². The summed E-state index contributed by atoms with van der Waals surface area (Å²) in [5.74, 6) is -0.160. The van der Waals surface area contributed by atoms with Crippen molar-refractivity contribution in [2.45, 2.75) is 71.9 Å². The Morgan fingerprint density at radius 1 is 1.29 bits per heavy atom. The fourth-order valence-corrected chi connectivity index (χ4v) is 2.10. The van der Waals surface area contributed by atoms with E-state index in [0.717, 1.165) is 19.3 Å². The zero-order valence-corrected chi connectivity index (χ0v) is 12.3. The van der Waals surface area contributed by atoms with E-state index in [-0.39, 0.29) is 0 Å². The number of nitrogens with zero attached hydrogens (tertiary/aromatic N) is 1. The lowest BCUT2D eigenvalue weighted by Crippen LogP contribution is -2.54. The van der Waals surface area contributed by atoms with E-state index < -0.39 is 11.5 Å². The van der Waals surface area contributed by atoms with Crippen LogP contribution in [0, 0.1) is 5.92 Å². The average Bonchev–Trinajstić information content (AvgIpc) is 2.24. The number of aliphatic carboxylic acids is 1. The van der Waals surface area contributed by atoms with Crippen LogP contribution in [0.4, 0.5) is 0 Å². The molecule has 3 nitrogen and oxygen atoms in total. The number of carbonyl (C=O) groups is 1. The summed E-state index contributed by atoms with van der Waals surface area (Å²) in [6.45, 7) is 10.4. The predicted octanol–water partition coefficient (Wildman–Crippen LogP) is 3.39. The van der Waals surface area contributed by atoms with Gasteiger partial charge in [-0.3, -0.25) is 9.69 Å². The minimum absolute atomic E-state index is 0.313. The third-order valence-electron chi connectivity index (χ3n) is 3.82. The highest BCUT2D eigenvalue weighted by molar-refractivity contribution is 5.78. The first-order chi connectivity index (χ1) is 7.75. The van der Waals surface area contributed by atoms with Crippen molar-refractivity contribution >= 4 is 5.97 Å². The van der Waals surface area contributed by atoms with Crippen LogP contribution in [0.25, 0.3) is 0 Å². The highest BCUT2D eigenvalue weighted by Gasteiger charge is 2.38. The summed E-state index contributed by atoms with van der Waals surface area (Å²) in [6.07, 6.45) is 3.79. The lowest BCUT2D eigenvalue weighted by Gasteiger charge is -2.39. The van der Waals surface area contributed by atoms with Crippen LogP contribution < -0.4 is 0 Å². The molecule has 1 N–H and O–H groups in total. The maximum Gasteiger partial charge on any atom is 0.323 e. The Morgan fingerprint density at radius 3 is 2.18 bits per heavy atom. The van der Waals surface area contributed by atoms with Gasteiger partial charge in [0, 0.05) is 6.04 Å². The summed E-state index contributed by atoms with van der Waals surface area (Å²) in [4.78, 5) is 13.6. The van der Waals surface area contributed by atoms with Crippen LogP contribution in [-0.4, -0.2) is 34.6 Å². The molecule has 0 saturated heterocycles. The third kappa shape index (κ3) is 4.66. The highest BCUT2D eigenvalue weighted by Crippen LogP contribution is 2.26. The van der Waals surface area contributed by atoms with Crippen LogP contribution >= 0.6 is 0 Å². The summed E-state index contributed by atoms with van der Waals surface area (Å²) in [7, 11) is 1.94. The van der Waals surface area contributed by atoms with E-state index in [2.05, 4.69) is 27.7 Å². The standard InChI is InChI=1S/C14H29NO2/c1-7-8-12(4)15(6)14(5,13(16)17)10-9-11(2)3/h11-12H,7-10H2,1-6H3,(H,16,17). The molecule has 0 heterocycles. The van der Waals surface area contributed by atoms with Crippen molar-refractivity contribution in [3.63, 3.8) is 0 Å². The number of rotatable bonds is 8. The molecule has 0 fully saturated rings. The second kappa shape index (κ2) is 7.00. The molecule has 0 bridgehead atoms. The normalized spacial score (nSPS) is 17.2. The van der Waals surface area contributed by atoms with Crippen LogP contribution in [-0.2, 0) is 4.79 Å². The molecule has 3 heteroatoms. The molecule has 2 atom stereocenters. The first-order valence-corrected chi connectivity index (χ1v) is 6.72. The highest BCUT2D eigenvalue weighted by atomic mass is 16.4. The van der Waals surface area contributed by atoms with Crippen molar-refractivity contribution < 1.29 is 9.90 Å². The zero-order valence-electron chi connectivity index (χ0n) is 12.3. The van der Waals surface area contributed by atoms with Gasteiger partial charge in [-0.25, -0.2) is 0 Å². The minimum atomic E-state index is -0.737. The molecule has 0 aromatic carbocycles. The molecule has 17 heavy (non-hydrogen) atoms. The maximum atomic E-state index is 11.5. The number of carboxylic acids is 1. The number of hydrogen-bond acceptors (Lipinski definition) is 2. The molecule has 0 radical (unpaired) electrons. The van der Waals surface area contributed by atoms with Gasteiger partial charge < -0.3 is 5.11 Å². The van der Waals surface area contributed by atoms with Crippen LogP contribution in [0.3, 0.4) is 0 Å². The molecular weight excluding hydrogens is 214 g/mol. The van der Waals surface area contributed by atoms with Gasteiger partial charge in [0.1, 0.15) is 5.54 Å². The van der Waals surface area contributed by atoms with E-state index >= 15 is 0 Å². The summed E-state index contributed by atoms with van der Waals surface area (Å²) in [5.41, 5.74) is -0.737. The van der Waals surface area contributed by atoms with Crippen molar-refractivity contribution in [3.05, 3.63) is 0 Å². The Labute approximate surface area is 106 Å². The van der Waals surface area contributed by atoms with Gasteiger partial charge in [-0.1, -0.05) is 27.2 Å². The Kier molecular flexibility index (Phi) is 6.76. The molecule has 0 spiro atoms. The summed E-state index contributed by atoms with van der Waals surface area (Å²) in [5, 5.41) is 9.49. The van der Waals surface area contributed by atoms with Crippen molar-refractivity contribution in [1.29, 1.82) is 0 Å². The molecule has 0 rings (SSSR count). The average molecular weight is 243 g/mol. The van der Waals surface area contributed by atoms with Gasteiger partial charge in [-0.15, -0.1) is 0 Å². The van der Waals surface area contributed by atoms with E-state index in [9.17, 15) is 9.90 Å². The lowest BCUT2D eigenvalue weighted by atomic mass is 9.89. The van der Waals surface area contributed by atoms with Gasteiger partial charge in [0.2, 0.25) is 0 Å². The Morgan fingerprint density at radius 2 is 1.82 bits per heavy atom. The van der Waals surface area contributed by atoms with Crippen LogP contribution in [0.15, 0.2) is 0 Å². The molecule has 0 amide bonds. The molecule has 0 aliphatic carbocycles. The molecular formula is C14H29NO2.